The lowest BCUT2D eigenvalue weighted by molar-refractivity contribution is -0.160. The van der Waals surface area contributed by atoms with Crippen LogP contribution in [-0.2, 0) is 36.6 Å². The monoisotopic (exact) mass is 423 g/mol. The van der Waals surface area contributed by atoms with Crippen LogP contribution < -0.4 is 5.32 Å². The molecule has 0 saturated carbocycles. The molecule has 29 heavy (non-hydrogen) atoms. The third kappa shape index (κ3) is 5.17. The highest BCUT2D eigenvalue weighted by Crippen LogP contribution is 2.40. The second kappa shape index (κ2) is 9.71. The van der Waals surface area contributed by atoms with E-state index >= 15 is 0 Å². The summed E-state index contributed by atoms with van der Waals surface area (Å²) in [6.07, 6.45) is 2.95. The molecule has 2 atom stereocenters. The second-order valence-electron chi connectivity index (χ2n) is 7.73. The van der Waals surface area contributed by atoms with Gasteiger partial charge in [-0.15, -0.1) is 11.3 Å². The van der Waals surface area contributed by atoms with Crippen LogP contribution in [0.25, 0.3) is 0 Å². The molecule has 1 fully saturated rings. The van der Waals surface area contributed by atoms with Crippen LogP contribution in [0.5, 0.6) is 0 Å². The average molecular weight is 424 g/mol. The molecule has 1 saturated heterocycles. The van der Waals surface area contributed by atoms with Crippen molar-refractivity contribution >= 4 is 34.2 Å². The normalized spacial score (nSPS) is 20.4. The van der Waals surface area contributed by atoms with E-state index in [0.29, 0.717) is 42.5 Å². The van der Waals surface area contributed by atoms with E-state index in [9.17, 15) is 14.4 Å². The van der Waals surface area contributed by atoms with Crippen LogP contribution in [0.3, 0.4) is 0 Å². The Labute approximate surface area is 175 Å². The molecule has 2 unspecified atom stereocenters. The van der Waals surface area contributed by atoms with Crippen LogP contribution in [0.1, 0.15) is 60.8 Å². The Balaban J connectivity index is 1.71. The van der Waals surface area contributed by atoms with E-state index in [2.05, 4.69) is 12.2 Å². The first kappa shape index (κ1) is 21.8. The number of amides is 1. The van der Waals surface area contributed by atoms with Crippen molar-refractivity contribution in [2.24, 2.45) is 11.8 Å². The molecule has 1 aromatic rings. The minimum atomic E-state index is -0.946. The van der Waals surface area contributed by atoms with Gasteiger partial charge in [0.1, 0.15) is 5.00 Å². The molecule has 7 nitrogen and oxygen atoms in total. The fourth-order valence-electron chi connectivity index (χ4n) is 3.73. The van der Waals surface area contributed by atoms with Gasteiger partial charge in [-0.05, 0) is 57.4 Å². The summed E-state index contributed by atoms with van der Waals surface area (Å²) < 4.78 is 15.9. The van der Waals surface area contributed by atoms with Crippen molar-refractivity contribution in [3.63, 3.8) is 0 Å². The zero-order valence-electron chi connectivity index (χ0n) is 17.2. The predicted octanol–water partition coefficient (Wildman–Crippen LogP) is 3.35. The van der Waals surface area contributed by atoms with Gasteiger partial charge < -0.3 is 19.5 Å². The number of thiophene rings is 1. The van der Waals surface area contributed by atoms with Crippen molar-refractivity contribution in [1.82, 2.24) is 0 Å². The molecule has 8 heteroatoms. The van der Waals surface area contributed by atoms with Gasteiger partial charge in [-0.2, -0.15) is 0 Å². The van der Waals surface area contributed by atoms with Crippen molar-refractivity contribution in [2.75, 3.05) is 25.1 Å². The summed E-state index contributed by atoms with van der Waals surface area (Å²) in [5.74, 6) is -0.922. The summed E-state index contributed by atoms with van der Waals surface area (Å²) in [5.41, 5.74) is 1.43. The summed E-state index contributed by atoms with van der Waals surface area (Å²) in [5, 5.41) is 3.29. The topological polar surface area (TPSA) is 90.9 Å². The first-order valence-electron chi connectivity index (χ1n) is 10.3. The Bertz CT molecular complexity index is 767. The van der Waals surface area contributed by atoms with E-state index in [0.717, 1.165) is 29.7 Å². The maximum absolute atomic E-state index is 12.7. The lowest BCUT2D eigenvalue weighted by Gasteiger charge is -2.22. The number of fused-ring (bicyclic) bond motifs is 1. The molecule has 1 amide bonds. The first-order chi connectivity index (χ1) is 13.9. The molecule has 1 aliphatic carbocycles. The number of carbonyl (C=O) groups excluding carboxylic acids is 3. The van der Waals surface area contributed by atoms with Crippen molar-refractivity contribution in [1.29, 1.82) is 0 Å². The molecule has 0 aromatic carbocycles. The highest BCUT2D eigenvalue weighted by atomic mass is 32.1. The average Bonchev–Trinajstić information content (AvgIpc) is 3.05. The highest BCUT2D eigenvalue weighted by Gasteiger charge is 2.31. The lowest BCUT2D eigenvalue weighted by atomic mass is 9.88. The molecule has 3 rings (SSSR count). The molecule has 1 aliphatic heterocycles. The van der Waals surface area contributed by atoms with Gasteiger partial charge >= 0.3 is 11.9 Å². The quantitative estimate of drug-likeness (QED) is 0.706. The minimum absolute atomic E-state index is 0.232. The summed E-state index contributed by atoms with van der Waals surface area (Å²) in [7, 11) is 0. The van der Waals surface area contributed by atoms with E-state index in [4.69, 9.17) is 14.2 Å². The molecule has 2 heterocycles. The van der Waals surface area contributed by atoms with Crippen LogP contribution in [0.4, 0.5) is 5.00 Å². The van der Waals surface area contributed by atoms with E-state index in [1.807, 2.05) is 0 Å². The number of ether oxygens (including phenoxy) is 3. The van der Waals surface area contributed by atoms with Gasteiger partial charge in [0.25, 0.3) is 5.91 Å². The maximum Gasteiger partial charge on any atom is 0.341 e. The zero-order valence-corrected chi connectivity index (χ0v) is 18.1. The standard InChI is InChI=1S/C21H29NO6S/c1-4-27-21(25)17-15-6-5-12(2)11-16(15)29-19(17)22-18(23)13(3)28-20(24)14-7-9-26-10-8-14/h12-14H,4-11H2,1-3H3,(H,22,23). The minimum Gasteiger partial charge on any atom is -0.462 e. The Hall–Kier alpha value is -1.93. The molecular formula is C21H29NO6S. The van der Waals surface area contributed by atoms with Crippen LogP contribution in [0, 0.1) is 11.8 Å². The van der Waals surface area contributed by atoms with Gasteiger partial charge in [-0.1, -0.05) is 6.92 Å². The number of hydrogen-bond donors (Lipinski definition) is 1. The van der Waals surface area contributed by atoms with Gasteiger partial charge in [-0.25, -0.2) is 4.79 Å². The smallest absolute Gasteiger partial charge is 0.341 e. The van der Waals surface area contributed by atoms with Crippen LogP contribution >= 0.6 is 11.3 Å². The third-order valence-electron chi connectivity index (χ3n) is 5.44. The van der Waals surface area contributed by atoms with Crippen molar-refractivity contribution in [3.8, 4) is 0 Å². The zero-order chi connectivity index (χ0) is 21.0. The van der Waals surface area contributed by atoms with Crippen molar-refractivity contribution in [2.45, 2.75) is 59.0 Å². The van der Waals surface area contributed by atoms with Gasteiger partial charge in [0.05, 0.1) is 18.1 Å². The van der Waals surface area contributed by atoms with E-state index in [1.165, 1.54) is 11.3 Å². The summed E-state index contributed by atoms with van der Waals surface area (Å²) in [6.45, 7) is 6.82. The van der Waals surface area contributed by atoms with E-state index in [1.54, 1.807) is 13.8 Å². The maximum atomic E-state index is 12.7. The molecule has 2 aliphatic rings. The molecular weight excluding hydrogens is 394 g/mol. The van der Waals surface area contributed by atoms with Crippen molar-refractivity contribution in [3.05, 3.63) is 16.0 Å². The number of carbonyl (C=O) groups is 3. The number of rotatable bonds is 6. The molecule has 0 spiro atoms. The number of esters is 2. The predicted molar refractivity (Wildman–Crippen MR) is 109 cm³/mol. The highest BCUT2D eigenvalue weighted by molar-refractivity contribution is 7.17. The molecule has 1 aromatic heterocycles. The Morgan fingerprint density at radius 2 is 1.97 bits per heavy atom. The fourth-order valence-corrected chi connectivity index (χ4v) is 5.13. The third-order valence-corrected chi connectivity index (χ3v) is 6.61. The molecule has 0 radical (unpaired) electrons. The Morgan fingerprint density at radius 1 is 1.24 bits per heavy atom. The van der Waals surface area contributed by atoms with Gasteiger partial charge in [-0.3, -0.25) is 9.59 Å². The van der Waals surface area contributed by atoms with Gasteiger partial charge in [0.15, 0.2) is 6.10 Å². The number of nitrogens with one attached hydrogen (secondary N) is 1. The van der Waals surface area contributed by atoms with Gasteiger partial charge in [0.2, 0.25) is 0 Å². The summed E-state index contributed by atoms with van der Waals surface area (Å²) >= 11 is 1.42. The molecule has 160 valence electrons. The summed E-state index contributed by atoms with van der Waals surface area (Å²) in [4.78, 5) is 38.6. The SMILES string of the molecule is CCOC(=O)c1c(NC(=O)C(C)OC(=O)C2CCOCC2)sc2c1CCC(C)C2. The van der Waals surface area contributed by atoms with Crippen molar-refractivity contribution < 1.29 is 28.6 Å². The molecule has 0 bridgehead atoms. The van der Waals surface area contributed by atoms with E-state index < -0.39 is 18.0 Å². The van der Waals surface area contributed by atoms with Crippen LogP contribution in [0.15, 0.2) is 0 Å². The second-order valence-corrected chi connectivity index (χ2v) is 8.84. The summed E-state index contributed by atoms with van der Waals surface area (Å²) in [6, 6.07) is 0. The number of hydrogen-bond acceptors (Lipinski definition) is 7. The van der Waals surface area contributed by atoms with Crippen LogP contribution in [-0.4, -0.2) is 43.8 Å². The van der Waals surface area contributed by atoms with E-state index in [-0.39, 0.29) is 18.5 Å². The largest absolute Gasteiger partial charge is 0.462 e. The fraction of sp³-hybridized carbons (Fsp3) is 0.667. The lowest BCUT2D eigenvalue weighted by Crippen LogP contribution is -2.34. The first-order valence-corrected chi connectivity index (χ1v) is 11.1. The van der Waals surface area contributed by atoms with Gasteiger partial charge in [0, 0.05) is 18.1 Å². The Kier molecular flexibility index (Phi) is 7.29. The molecule has 1 N–H and O–H groups in total. The van der Waals surface area contributed by atoms with Crippen LogP contribution in [0.2, 0.25) is 0 Å². The Morgan fingerprint density at radius 3 is 2.66 bits per heavy atom. The number of anilines is 1.